The second kappa shape index (κ2) is 9.12. The smallest absolute Gasteiger partial charge is 0.271 e. The van der Waals surface area contributed by atoms with Crippen LogP contribution in [0.2, 0.25) is 0 Å². The fourth-order valence-electron chi connectivity index (χ4n) is 4.22. The normalized spacial score (nSPS) is 15.0. The second-order valence-electron chi connectivity index (χ2n) is 8.02. The van der Waals surface area contributed by atoms with Crippen LogP contribution >= 0.6 is 0 Å². The van der Waals surface area contributed by atoms with Crippen molar-refractivity contribution in [1.82, 2.24) is 19.8 Å². The number of carbonyl (C=O) groups is 2. The number of nitrogens with zero attached hydrogens (tertiary/aromatic N) is 3. The van der Waals surface area contributed by atoms with E-state index in [9.17, 15) is 9.59 Å². The largest absolute Gasteiger partial charge is 0.347 e. The van der Waals surface area contributed by atoms with Gasteiger partial charge in [-0.15, -0.1) is 0 Å². The van der Waals surface area contributed by atoms with Gasteiger partial charge in [0.25, 0.3) is 11.8 Å². The minimum absolute atomic E-state index is 0.0474. The highest BCUT2D eigenvalue weighted by atomic mass is 16.2. The fourth-order valence-corrected chi connectivity index (χ4v) is 4.22. The molecule has 6 nitrogen and oxygen atoms in total. The molecule has 1 aromatic heterocycles. The van der Waals surface area contributed by atoms with Crippen molar-refractivity contribution in [3.63, 3.8) is 0 Å². The lowest BCUT2D eigenvalue weighted by atomic mass is 10.0. The Morgan fingerprint density at radius 1 is 0.848 bits per heavy atom. The van der Waals surface area contributed by atoms with Crippen molar-refractivity contribution in [2.24, 2.45) is 0 Å². The Bertz CT molecular complexity index is 1250. The Morgan fingerprint density at radius 2 is 1.48 bits per heavy atom. The third-order valence-corrected chi connectivity index (χ3v) is 5.87. The molecule has 1 unspecified atom stereocenters. The third kappa shape index (κ3) is 4.28. The van der Waals surface area contributed by atoms with E-state index in [1.54, 1.807) is 6.20 Å². The van der Waals surface area contributed by atoms with Gasteiger partial charge in [-0.25, -0.2) is 4.98 Å². The molecule has 2 heterocycles. The van der Waals surface area contributed by atoms with Gasteiger partial charge in [-0.3, -0.25) is 9.59 Å². The summed E-state index contributed by atoms with van der Waals surface area (Å²) in [6.45, 7) is 1.54. The Balaban J connectivity index is 1.45. The molecule has 4 aromatic rings. The van der Waals surface area contributed by atoms with Crippen LogP contribution in [0.1, 0.15) is 43.8 Å². The monoisotopic (exact) mass is 436 g/mol. The van der Waals surface area contributed by atoms with Gasteiger partial charge in [-0.05, 0) is 23.3 Å². The lowest BCUT2D eigenvalue weighted by Crippen LogP contribution is -2.42. The lowest BCUT2D eigenvalue weighted by molar-refractivity contribution is 0.0658. The van der Waals surface area contributed by atoms with E-state index in [4.69, 9.17) is 4.98 Å². The second-order valence-corrected chi connectivity index (χ2v) is 8.02. The molecule has 1 aliphatic rings. The summed E-state index contributed by atoms with van der Waals surface area (Å²) in [4.78, 5) is 32.8. The van der Waals surface area contributed by atoms with Crippen LogP contribution in [0, 0.1) is 0 Å². The minimum Gasteiger partial charge on any atom is -0.347 e. The number of imidazole rings is 1. The molecule has 0 aliphatic carbocycles. The van der Waals surface area contributed by atoms with E-state index in [1.807, 2.05) is 100 Å². The van der Waals surface area contributed by atoms with Gasteiger partial charge in [-0.1, -0.05) is 78.9 Å². The average Bonchev–Trinajstić information content (AvgIpc) is 3.32. The molecule has 0 spiro atoms. The maximum Gasteiger partial charge on any atom is 0.271 e. The molecule has 0 radical (unpaired) electrons. The number of rotatable bonds is 5. The van der Waals surface area contributed by atoms with E-state index in [0.29, 0.717) is 36.7 Å². The number of nitrogens with one attached hydrogen (secondary N) is 1. The molecule has 5 rings (SSSR count). The van der Waals surface area contributed by atoms with Crippen molar-refractivity contribution in [2.75, 3.05) is 6.54 Å². The van der Waals surface area contributed by atoms with Crippen LogP contribution in [0.5, 0.6) is 0 Å². The van der Waals surface area contributed by atoms with Crippen LogP contribution in [0.25, 0.3) is 0 Å². The van der Waals surface area contributed by atoms with Crippen molar-refractivity contribution >= 4 is 11.8 Å². The number of carbonyl (C=O) groups excluding carboxylic acids is 2. The molecule has 6 heteroatoms. The van der Waals surface area contributed by atoms with Gasteiger partial charge < -0.3 is 14.8 Å². The molecule has 164 valence electrons. The summed E-state index contributed by atoms with van der Waals surface area (Å²) >= 11 is 0. The molecule has 3 aromatic carbocycles. The molecular formula is C27H24N4O2. The SMILES string of the molecule is O=C(NCc1ccccc1)c1cn2c(n1)C(c1ccccc1)N(C(=O)c1ccccc1)CC2. The number of hydrogen-bond donors (Lipinski definition) is 1. The predicted molar refractivity (Wildman–Crippen MR) is 126 cm³/mol. The Hall–Kier alpha value is -4.19. The zero-order valence-electron chi connectivity index (χ0n) is 18.1. The van der Waals surface area contributed by atoms with Crippen molar-refractivity contribution < 1.29 is 9.59 Å². The predicted octanol–water partition coefficient (Wildman–Crippen LogP) is 4.06. The molecule has 0 fully saturated rings. The first-order valence-corrected chi connectivity index (χ1v) is 11.0. The number of amides is 2. The van der Waals surface area contributed by atoms with Gasteiger partial charge in [0.2, 0.25) is 0 Å². The minimum atomic E-state index is -0.372. The van der Waals surface area contributed by atoms with Crippen LogP contribution in [0.15, 0.2) is 97.2 Å². The van der Waals surface area contributed by atoms with Gasteiger partial charge in [0.15, 0.2) is 0 Å². The van der Waals surface area contributed by atoms with Gasteiger partial charge >= 0.3 is 0 Å². The molecule has 0 bridgehead atoms. The first-order chi connectivity index (χ1) is 16.2. The van der Waals surface area contributed by atoms with Crippen molar-refractivity contribution in [1.29, 1.82) is 0 Å². The number of hydrogen-bond acceptors (Lipinski definition) is 3. The third-order valence-electron chi connectivity index (χ3n) is 5.87. The molecule has 1 aliphatic heterocycles. The van der Waals surface area contributed by atoms with E-state index in [1.165, 1.54) is 0 Å². The molecular weight excluding hydrogens is 412 g/mol. The van der Waals surface area contributed by atoms with Crippen molar-refractivity contribution in [3.8, 4) is 0 Å². The van der Waals surface area contributed by atoms with E-state index in [-0.39, 0.29) is 17.9 Å². The van der Waals surface area contributed by atoms with Crippen molar-refractivity contribution in [2.45, 2.75) is 19.1 Å². The zero-order valence-corrected chi connectivity index (χ0v) is 18.1. The Morgan fingerprint density at radius 3 is 2.18 bits per heavy atom. The standard InChI is InChI=1S/C27H24N4O2/c32-26(28-18-20-10-4-1-5-11-20)23-19-30-16-17-31(27(33)22-14-8-3-9-15-22)24(25(30)29-23)21-12-6-2-7-13-21/h1-15,19,24H,16-18H2,(H,28,32). The van der Waals surface area contributed by atoms with Crippen LogP contribution in [0.3, 0.4) is 0 Å². The maximum atomic E-state index is 13.4. The number of benzene rings is 3. The van der Waals surface area contributed by atoms with E-state index < -0.39 is 0 Å². The van der Waals surface area contributed by atoms with Crippen LogP contribution in [0.4, 0.5) is 0 Å². The fraction of sp³-hybridized carbons (Fsp3) is 0.148. The van der Waals surface area contributed by atoms with Crippen LogP contribution in [-0.2, 0) is 13.1 Å². The summed E-state index contributed by atoms with van der Waals surface area (Å²) in [5, 5.41) is 2.94. The quantitative estimate of drug-likeness (QED) is 0.513. The van der Waals surface area contributed by atoms with Gasteiger partial charge in [0.1, 0.15) is 17.6 Å². The highest BCUT2D eigenvalue weighted by Gasteiger charge is 2.35. The number of aromatic nitrogens is 2. The van der Waals surface area contributed by atoms with E-state index >= 15 is 0 Å². The summed E-state index contributed by atoms with van der Waals surface area (Å²) < 4.78 is 1.99. The lowest BCUT2D eigenvalue weighted by Gasteiger charge is -2.36. The summed E-state index contributed by atoms with van der Waals surface area (Å²) in [7, 11) is 0. The first-order valence-electron chi connectivity index (χ1n) is 11.0. The van der Waals surface area contributed by atoms with Crippen LogP contribution in [-0.4, -0.2) is 32.8 Å². The molecule has 33 heavy (non-hydrogen) atoms. The molecule has 0 saturated carbocycles. The summed E-state index contributed by atoms with van der Waals surface area (Å²) in [6, 6.07) is 28.5. The highest BCUT2D eigenvalue weighted by Crippen LogP contribution is 2.32. The first kappa shape index (κ1) is 20.7. The van der Waals surface area contributed by atoms with Gasteiger partial charge in [0.05, 0.1) is 0 Å². The summed E-state index contributed by atoms with van der Waals surface area (Å²) in [5.74, 6) is 0.420. The van der Waals surface area contributed by atoms with Crippen molar-refractivity contribution in [3.05, 3.63) is 125 Å². The summed E-state index contributed by atoms with van der Waals surface area (Å²) in [6.07, 6.45) is 1.79. The Kier molecular flexibility index (Phi) is 5.72. The van der Waals surface area contributed by atoms with Gasteiger partial charge in [-0.2, -0.15) is 0 Å². The Labute approximate surface area is 192 Å². The van der Waals surface area contributed by atoms with Gasteiger partial charge in [0, 0.05) is 31.4 Å². The topological polar surface area (TPSA) is 67.2 Å². The molecule has 1 N–H and O–H groups in total. The summed E-state index contributed by atoms with van der Waals surface area (Å²) in [5.41, 5.74) is 2.98. The molecule has 2 amide bonds. The zero-order chi connectivity index (χ0) is 22.6. The average molecular weight is 437 g/mol. The van der Waals surface area contributed by atoms with Crippen LogP contribution < -0.4 is 5.32 Å². The maximum absolute atomic E-state index is 13.4. The van der Waals surface area contributed by atoms with E-state index in [2.05, 4.69) is 5.32 Å². The molecule has 1 atom stereocenters. The molecule has 0 saturated heterocycles. The van der Waals surface area contributed by atoms with E-state index in [0.717, 1.165) is 11.1 Å². The highest BCUT2D eigenvalue weighted by molar-refractivity contribution is 5.95. The number of fused-ring (bicyclic) bond motifs is 1.